The van der Waals surface area contributed by atoms with Crippen molar-refractivity contribution < 1.29 is 0 Å². The van der Waals surface area contributed by atoms with Gasteiger partial charge in [-0.3, -0.25) is 4.98 Å². The highest BCUT2D eigenvalue weighted by Gasteiger charge is 2.18. The third-order valence-corrected chi connectivity index (χ3v) is 11.9. The van der Waals surface area contributed by atoms with Crippen LogP contribution in [0.25, 0.3) is 113 Å². The fraction of sp³-hybridized carbons (Fsp3) is 0.0328. The summed E-state index contributed by atoms with van der Waals surface area (Å²) in [5, 5.41) is 0. The Bertz CT molecular complexity index is 3500. The normalized spacial score (nSPS) is 11.1. The van der Waals surface area contributed by atoms with Gasteiger partial charge in [-0.05, 0) is 96.3 Å². The van der Waals surface area contributed by atoms with Crippen LogP contribution < -0.4 is 0 Å². The van der Waals surface area contributed by atoms with Gasteiger partial charge < -0.3 is 0 Å². The van der Waals surface area contributed by atoms with Crippen molar-refractivity contribution in [2.75, 3.05) is 0 Å². The molecule has 7 heteroatoms. The van der Waals surface area contributed by atoms with Crippen molar-refractivity contribution in [3.63, 3.8) is 0 Å². The first-order valence-corrected chi connectivity index (χ1v) is 22.6. The van der Waals surface area contributed by atoms with E-state index in [9.17, 15) is 0 Å². The molecule has 4 heterocycles. The van der Waals surface area contributed by atoms with E-state index in [4.69, 9.17) is 29.9 Å². The predicted octanol–water partition coefficient (Wildman–Crippen LogP) is 14.7. The van der Waals surface area contributed by atoms with Crippen LogP contribution in [-0.2, 0) is 0 Å². The van der Waals surface area contributed by atoms with E-state index in [-0.39, 0.29) is 0 Å². The minimum Gasteiger partial charge on any atom is -0.264 e. The van der Waals surface area contributed by atoms with Gasteiger partial charge in [0.1, 0.15) is 0 Å². The number of benzene rings is 7. The third kappa shape index (κ3) is 8.84. The molecule has 0 saturated carbocycles. The average Bonchev–Trinajstić information content (AvgIpc) is 3.41. The Morgan fingerprint density at radius 3 is 1.25 bits per heavy atom. The molecular formula is C61H43N7. The van der Waals surface area contributed by atoms with Gasteiger partial charge in [0.05, 0.1) is 22.8 Å². The quantitative estimate of drug-likeness (QED) is 0.135. The second-order valence-corrected chi connectivity index (χ2v) is 16.7. The Balaban J connectivity index is 1.03. The van der Waals surface area contributed by atoms with E-state index >= 15 is 0 Å². The van der Waals surface area contributed by atoms with E-state index in [1.54, 1.807) is 6.20 Å². The van der Waals surface area contributed by atoms with Crippen LogP contribution in [0.2, 0.25) is 0 Å². The van der Waals surface area contributed by atoms with Gasteiger partial charge >= 0.3 is 0 Å². The number of aryl methyl sites for hydroxylation is 2. The molecule has 0 atom stereocenters. The number of pyridine rings is 1. The van der Waals surface area contributed by atoms with Crippen molar-refractivity contribution in [2.24, 2.45) is 0 Å². The zero-order chi connectivity index (χ0) is 45.8. The van der Waals surface area contributed by atoms with Crippen LogP contribution in [0.15, 0.2) is 225 Å². The van der Waals surface area contributed by atoms with Crippen molar-refractivity contribution >= 4 is 0 Å². The molecule has 0 amide bonds. The predicted molar refractivity (Wildman–Crippen MR) is 275 cm³/mol. The summed E-state index contributed by atoms with van der Waals surface area (Å²) < 4.78 is 0. The smallest absolute Gasteiger partial charge is 0.160 e. The fourth-order valence-electron chi connectivity index (χ4n) is 8.63. The van der Waals surface area contributed by atoms with Crippen LogP contribution in [0.1, 0.15) is 11.4 Å². The minimum atomic E-state index is 0.638. The zero-order valence-corrected chi connectivity index (χ0v) is 37.5. The summed E-state index contributed by atoms with van der Waals surface area (Å²) in [5.41, 5.74) is 18.2. The number of rotatable bonds is 10. The molecule has 11 aromatic rings. The molecule has 0 spiro atoms. The van der Waals surface area contributed by atoms with Gasteiger partial charge in [0.25, 0.3) is 0 Å². The molecule has 0 radical (unpaired) electrons. The van der Waals surface area contributed by atoms with E-state index in [1.807, 2.05) is 92.8 Å². The van der Waals surface area contributed by atoms with Gasteiger partial charge in [-0.15, -0.1) is 0 Å². The summed E-state index contributed by atoms with van der Waals surface area (Å²) in [7, 11) is 0. The number of hydrogen-bond donors (Lipinski definition) is 0. The molecule has 0 aliphatic rings. The van der Waals surface area contributed by atoms with E-state index in [0.717, 1.165) is 106 Å². The number of hydrogen-bond acceptors (Lipinski definition) is 7. The maximum absolute atomic E-state index is 5.27. The Morgan fingerprint density at radius 1 is 0.250 bits per heavy atom. The van der Waals surface area contributed by atoms with Gasteiger partial charge in [0.15, 0.2) is 17.5 Å². The van der Waals surface area contributed by atoms with E-state index < -0.39 is 0 Å². The Hall–Kier alpha value is -9.07. The Kier molecular flexibility index (Phi) is 11.3. The first-order chi connectivity index (χ1) is 33.5. The van der Waals surface area contributed by atoms with E-state index in [2.05, 4.69) is 145 Å². The van der Waals surface area contributed by atoms with Crippen molar-refractivity contribution in [2.45, 2.75) is 13.8 Å². The second kappa shape index (κ2) is 18.4. The summed E-state index contributed by atoms with van der Waals surface area (Å²) >= 11 is 0. The lowest BCUT2D eigenvalue weighted by molar-refractivity contribution is 1.06. The first-order valence-electron chi connectivity index (χ1n) is 22.6. The van der Waals surface area contributed by atoms with Crippen LogP contribution in [-0.4, -0.2) is 34.9 Å². The van der Waals surface area contributed by atoms with Crippen LogP contribution in [0, 0.1) is 13.8 Å². The summed E-state index contributed by atoms with van der Waals surface area (Å²) in [6.07, 6.45) is 3.66. The van der Waals surface area contributed by atoms with Gasteiger partial charge in [-0.2, -0.15) is 0 Å². The molecule has 68 heavy (non-hydrogen) atoms. The maximum atomic E-state index is 5.27. The summed E-state index contributed by atoms with van der Waals surface area (Å²) in [6.45, 7) is 4.03. The van der Waals surface area contributed by atoms with E-state index in [1.165, 1.54) is 0 Å². The SMILES string of the molecule is Cc1cc(C)nc(-c2ccc(-c3cccc(-c4cc(-c5ccccc5)nc(-c5ccccc5)n4)c3)cc2-c2cccc(-c3cc(-c4ccccc4)nc(-c4cccc(-c5cccnc5)c4)n3)c2)n1. The summed E-state index contributed by atoms with van der Waals surface area (Å²) in [6, 6.07) is 73.0. The lowest BCUT2D eigenvalue weighted by Gasteiger charge is -2.15. The van der Waals surface area contributed by atoms with Crippen LogP contribution in [0.5, 0.6) is 0 Å². The minimum absolute atomic E-state index is 0.638. The van der Waals surface area contributed by atoms with Crippen LogP contribution in [0.4, 0.5) is 0 Å². The molecule has 7 nitrogen and oxygen atoms in total. The molecule has 322 valence electrons. The van der Waals surface area contributed by atoms with Gasteiger partial charge in [-0.25, -0.2) is 29.9 Å². The fourth-order valence-corrected chi connectivity index (χ4v) is 8.63. The molecule has 4 aromatic heterocycles. The summed E-state index contributed by atoms with van der Waals surface area (Å²) in [4.78, 5) is 34.9. The monoisotopic (exact) mass is 873 g/mol. The van der Waals surface area contributed by atoms with Crippen molar-refractivity contribution in [1.82, 2.24) is 34.9 Å². The molecule has 0 aliphatic carbocycles. The standard InChI is InChI=1S/C61H43N7/c1-40-32-41(2)64-61(63-40)53-30-29-47(45-22-12-25-49(33-45)57-37-55(42-16-6-3-7-17-42)65-59(67-57)44-20-10-5-11-21-44)36-54(53)48-24-14-26-50(35-48)58-38-56(43-18-8-4-9-19-43)66-60(68-58)51-27-13-23-46(34-51)52-28-15-31-62-39-52/h3-39H,1-2H3. The first kappa shape index (κ1) is 41.6. The van der Waals surface area contributed by atoms with Crippen LogP contribution >= 0.6 is 0 Å². The van der Waals surface area contributed by atoms with Gasteiger partial charge in [0.2, 0.25) is 0 Å². The molecule has 7 aromatic carbocycles. The lowest BCUT2D eigenvalue weighted by Crippen LogP contribution is -1.98. The van der Waals surface area contributed by atoms with Crippen molar-refractivity contribution in [3.8, 4) is 113 Å². The molecule has 0 bridgehead atoms. The number of nitrogens with zero attached hydrogens (tertiary/aromatic N) is 7. The van der Waals surface area contributed by atoms with Crippen LogP contribution in [0.3, 0.4) is 0 Å². The molecule has 11 rings (SSSR count). The maximum Gasteiger partial charge on any atom is 0.160 e. The number of aromatic nitrogens is 7. The second-order valence-electron chi connectivity index (χ2n) is 16.7. The highest BCUT2D eigenvalue weighted by Crippen LogP contribution is 2.39. The molecule has 0 aliphatic heterocycles. The van der Waals surface area contributed by atoms with Gasteiger partial charge in [-0.1, -0.05) is 158 Å². The van der Waals surface area contributed by atoms with Crippen molar-refractivity contribution in [1.29, 1.82) is 0 Å². The lowest BCUT2D eigenvalue weighted by atomic mass is 9.92. The summed E-state index contributed by atoms with van der Waals surface area (Å²) in [5.74, 6) is 1.99. The Labute approximate surface area is 395 Å². The third-order valence-electron chi connectivity index (χ3n) is 11.9. The van der Waals surface area contributed by atoms with Crippen molar-refractivity contribution in [3.05, 3.63) is 236 Å². The molecule has 0 N–H and O–H groups in total. The molecule has 0 fully saturated rings. The van der Waals surface area contributed by atoms with Gasteiger partial charge in [0, 0.05) is 68.3 Å². The zero-order valence-electron chi connectivity index (χ0n) is 37.5. The molecule has 0 unspecified atom stereocenters. The van der Waals surface area contributed by atoms with E-state index in [0.29, 0.717) is 17.5 Å². The molecular weight excluding hydrogens is 831 g/mol. The topological polar surface area (TPSA) is 90.2 Å². The Morgan fingerprint density at radius 2 is 0.676 bits per heavy atom. The molecule has 0 saturated heterocycles. The highest BCUT2D eigenvalue weighted by molar-refractivity contribution is 5.88. The highest BCUT2D eigenvalue weighted by atomic mass is 14.9. The average molecular weight is 874 g/mol. The largest absolute Gasteiger partial charge is 0.264 e.